The van der Waals surface area contributed by atoms with Crippen molar-refractivity contribution in [2.75, 3.05) is 26.0 Å². The summed E-state index contributed by atoms with van der Waals surface area (Å²) in [6.07, 6.45) is 2.08. The number of benzene rings is 2. The van der Waals surface area contributed by atoms with Crippen LogP contribution in [0.3, 0.4) is 0 Å². The van der Waals surface area contributed by atoms with E-state index in [-0.39, 0.29) is 18.4 Å². The molecule has 2 amide bonds. The highest BCUT2D eigenvalue weighted by molar-refractivity contribution is 6.01. The summed E-state index contributed by atoms with van der Waals surface area (Å²) in [5.74, 6) is 0.612. The van der Waals surface area contributed by atoms with Crippen molar-refractivity contribution in [2.45, 2.75) is 45.6 Å². The van der Waals surface area contributed by atoms with Crippen LogP contribution in [-0.2, 0) is 9.59 Å². The van der Waals surface area contributed by atoms with Gasteiger partial charge in [0.25, 0.3) is 0 Å². The first-order chi connectivity index (χ1) is 17.1. The van der Waals surface area contributed by atoms with Gasteiger partial charge in [0.05, 0.1) is 12.2 Å². The largest absolute Gasteiger partial charge is 0.457 e. The Bertz CT molecular complexity index is 1280. The van der Waals surface area contributed by atoms with Gasteiger partial charge in [0.1, 0.15) is 28.6 Å². The maximum Gasteiger partial charge on any atom is 0.250 e. The average Bonchev–Trinajstić information content (AvgIpc) is 3.09. The van der Waals surface area contributed by atoms with Crippen molar-refractivity contribution in [2.24, 2.45) is 0 Å². The number of amides is 2. The molecule has 1 aliphatic rings. The van der Waals surface area contributed by atoms with Gasteiger partial charge in [0.2, 0.25) is 11.8 Å². The van der Waals surface area contributed by atoms with Crippen LogP contribution < -0.4 is 15.4 Å². The van der Waals surface area contributed by atoms with Crippen LogP contribution in [-0.4, -0.2) is 48.0 Å². The Morgan fingerprint density at radius 2 is 1.89 bits per heavy atom. The topological polar surface area (TPSA) is 96.7 Å². The molecule has 9 heteroatoms. The van der Waals surface area contributed by atoms with Crippen LogP contribution in [0.15, 0.2) is 40.9 Å². The van der Waals surface area contributed by atoms with Gasteiger partial charge in [-0.1, -0.05) is 5.16 Å². The van der Waals surface area contributed by atoms with Gasteiger partial charge in [-0.2, -0.15) is 0 Å². The van der Waals surface area contributed by atoms with Gasteiger partial charge >= 0.3 is 0 Å². The second-order valence-corrected chi connectivity index (χ2v) is 9.63. The average molecular weight is 495 g/mol. The Morgan fingerprint density at radius 3 is 2.47 bits per heavy atom. The third-order valence-corrected chi connectivity index (χ3v) is 6.33. The van der Waals surface area contributed by atoms with Crippen LogP contribution in [0.2, 0.25) is 0 Å². The number of aromatic nitrogens is 1. The number of carbonyl (C=O) groups is 2. The number of hydrogen-bond donors (Lipinski definition) is 2. The summed E-state index contributed by atoms with van der Waals surface area (Å²) in [5, 5.41) is 9.77. The fourth-order valence-corrected chi connectivity index (χ4v) is 4.41. The zero-order chi connectivity index (χ0) is 26.0. The molecule has 0 atom stereocenters. The number of carbonyl (C=O) groups excluding carboxylic acids is 2. The number of nitrogens with one attached hydrogen (secondary N) is 2. The fourth-order valence-electron chi connectivity index (χ4n) is 4.41. The number of aryl methyl sites for hydroxylation is 3. The monoisotopic (exact) mass is 494 g/mol. The van der Waals surface area contributed by atoms with E-state index in [1.807, 2.05) is 6.92 Å². The molecule has 190 valence electrons. The Hall–Kier alpha value is -3.72. The second kappa shape index (κ2) is 10.1. The van der Waals surface area contributed by atoms with Crippen LogP contribution >= 0.6 is 0 Å². The summed E-state index contributed by atoms with van der Waals surface area (Å²) in [6.45, 7) is 5.64. The quantitative estimate of drug-likeness (QED) is 0.470. The molecule has 1 aliphatic carbocycles. The number of halogens is 1. The van der Waals surface area contributed by atoms with E-state index < -0.39 is 11.4 Å². The number of hydrogen-bond acceptors (Lipinski definition) is 6. The number of anilines is 1. The van der Waals surface area contributed by atoms with Crippen LogP contribution in [0.25, 0.3) is 11.1 Å². The lowest BCUT2D eigenvalue weighted by molar-refractivity contribution is -0.134. The summed E-state index contributed by atoms with van der Waals surface area (Å²) in [4.78, 5) is 27.1. The Kier molecular flexibility index (Phi) is 7.12. The second-order valence-electron chi connectivity index (χ2n) is 9.63. The number of likely N-dealkylation sites (N-methyl/N-ethyl adjacent to an activating group) is 1. The molecule has 4 rings (SSSR count). The van der Waals surface area contributed by atoms with Gasteiger partial charge < -0.3 is 24.8 Å². The van der Waals surface area contributed by atoms with Gasteiger partial charge in [0, 0.05) is 17.3 Å². The van der Waals surface area contributed by atoms with E-state index in [1.54, 1.807) is 57.1 Å². The van der Waals surface area contributed by atoms with E-state index in [2.05, 4.69) is 15.8 Å². The third-order valence-electron chi connectivity index (χ3n) is 6.33. The molecule has 0 spiro atoms. The lowest BCUT2D eigenvalue weighted by Crippen LogP contribution is -2.62. The molecule has 2 aromatic carbocycles. The van der Waals surface area contributed by atoms with Crippen molar-refractivity contribution >= 4 is 17.5 Å². The minimum absolute atomic E-state index is 0.180. The standard InChI is InChI=1S/C27H31FN4O4/c1-16-11-21(29-26(34)27(9-6-10-27)30-24(33)15-32(4)5)7-8-23(16)35-22-13-19(12-20(28)14-22)25-17(2)31-36-18(25)3/h7-8,11-14H,6,9-10,15H2,1-5H3,(H,29,34)(H,30,33). The first kappa shape index (κ1) is 25.4. The Labute approximate surface area is 209 Å². The predicted octanol–water partition coefficient (Wildman–Crippen LogP) is 4.74. The molecule has 1 aromatic heterocycles. The lowest BCUT2D eigenvalue weighted by atomic mass is 9.75. The van der Waals surface area contributed by atoms with Crippen molar-refractivity contribution in [1.29, 1.82) is 0 Å². The molecule has 0 saturated heterocycles. The minimum atomic E-state index is -0.883. The molecule has 3 aromatic rings. The molecule has 8 nitrogen and oxygen atoms in total. The molecule has 0 bridgehead atoms. The lowest BCUT2D eigenvalue weighted by Gasteiger charge is -2.41. The van der Waals surface area contributed by atoms with Gasteiger partial charge in [-0.25, -0.2) is 4.39 Å². The van der Waals surface area contributed by atoms with E-state index in [0.29, 0.717) is 47.0 Å². The molecule has 0 unspecified atom stereocenters. The maximum absolute atomic E-state index is 14.4. The van der Waals surface area contributed by atoms with E-state index >= 15 is 0 Å². The van der Waals surface area contributed by atoms with Gasteiger partial charge in [0.15, 0.2) is 0 Å². The zero-order valence-corrected chi connectivity index (χ0v) is 21.2. The van der Waals surface area contributed by atoms with Crippen molar-refractivity contribution in [3.05, 3.63) is 59.2 Å². The Balaban J connectivity index is 1.48. The summed E-state index contributed by atoms with van der Waals surface area (Å²) < 4.78 is 25.6. The molecular formula is C27H31FN4O4. The van der Waals surface area contributed by atoms with Crippen LogP contribution in [0.5, 0.6) is 11.5 Å². The summed E-state index contributed by atoms with van der Waals surface area (Å²) in [5.41, 5.74) is 2.49. The first-order valence-electron chi connectivity index (χ1n) is 11.9. The SMILES string of the molecule is Cc1cc(NC(=O)C2(NC(=O)CN(C)C)CCC2)ccc1Oc1cc(F)cc(-c2c(C)noc2C)c1. The highest BCUT2D eigenvalue weighted by atomic mass is 19.1. The van der Waals surface area contributed by atoms with E-state index in [4.69, 9.17) is 9.26 Å². The molecule has 0 aliphatic heterocycles. The number of nitrogens with zero attached hydrogens (tertiary/aromatic N) is 2. The fraction of sp³-hybridized carbons (Fsp3) is 0.370. The van der Waals surface area contributed by atoms with Crippen LogP contribution in [0, 0.1) is 26.6 Å². The highest BCUT2D eigenvalue weighted by Crippen LogP contribution is 2.35. The van der Waals surface area contributed by atoms with Crippen LogP contribution in [0.4, 0.5) is 10.1 Å². The van der Waals surface area contributed by atoms with Crippen molar-refractivity contribution in [3.8, 4) is 22.6 Å². The minimum Gasteiger partial charge on any atom is -0.457 e. The van der Waals surface area contributed by atoms with Crippen molar-refractivity contribution in [3.63, 3.8) is 0 Å². The number of rotatable bonds is 8. The summed E-state index contributed by atoms with van der Waals surface area (Å²) in [6, 6.07) is 9.70. The smallest absolute Gasteiger partial charge is 0.250 e. The van der Waals surface area contributed by atoms with Gasteiger partial charge in [-0.15, -0.1) is 0 Å². The van der Waals surface area contributed by atoms with E-state index in [1.165, 1.54) is 12.1 Å². The summed E-state index contributed by atoms with van der Waals surface area (Å²) >= 11 is 0. The maximum atomic E-state index is 14.4. The predicted molar refractivity (Wildman–Crippen MR) is 135 cm³/mol. The van der Waals surface area contributed by atoms with Gasteiger partial charge in [-0.3, -0.25) is 9.59 Å². The molecule has 2 N–H and O–H groups in total. The molecule has 1 heterocycles. The molecule has 0 radical (unpaired) electrons. The Morgan fingerprint density at radius 1 is 1.14 bits per heavy atom. The molecule has 1 fully saturated rings. The third kappa shape index (κ3) is 5.41. The zero-order valence-electron chi connectivity index (χ0n) is 21.2. The van der Waals surface area contributed by atoms with Crippen molar-refractivity contribution in [1.82, 2.24) is 15.4 Å². The highest BCUT2D eigenvalue weighted by Gasteiger charge is 2.45. The van der Waals surface area contributed by atoms with Crippen LogP contribution in [0.1, 0.15) is 36.3 Å². The molecule has 36 heavy (non-hydrogen) atoms. The van der Waals surface area contributed by atoms with E-state index in [9.17, 15) is 14.0 Å². The normalized spacial score (nSPS) is 14.3. The molecule has 1 saturated carbocycles. The molecular weight excluding hydrogens is 463 g/mol. The van der Waals surface area contributed by atoms with Gasteiger partial charge in [-0.05, 0) is 95.6 Å². The summed E-state index contributed by atoms with van der Waals surface area (Å²) in [7, 11) is 3.61. The first-order valence-corrected chi connectivity index (χ1v) is 11.9. The van der Waals surface area contributed by atoms with E-state index in [0.717, 1.165) is 17.5 Å². The number of ether oxygens (including phenoxy) is 1. The van der Waals surface area contributed by atoms with Crippen molar-refractivity contribution < 1.29 is 23.2 Å².